The van der Waals surface area contributed by atoms with Gasteiger partial charge in [0.15, 0.2) is 0 Å². The fourth-order valence-corrected chi connectivity index (χ4v) is 3.92. The van der Waals surface area contributed by atoms with Crippen LogP contribution in [0.3, 0.4) is 0 Å². The first-order chi connectivity index (χ1) is 9.50. The third-order valence-corrected chi connectivity index (χ3v) is 5.48. The molecule has 1 aliphatic heterocycles. The molecule has 3 aliphatic rings. The zero-order chi connectivity index (χ0) is 14.3. The van der Waals surface area contributed by atoms with Crippen LogP contribution in [-0.4, -0.2) is 34.8 Å². The summed E-state index contributed by atoms with van der Waals surface area (Å²) in [5, 5.41) is 2.97. The molecule has 2 amide bonds. The summed E-state index contributed by atoms with van der Waals surface area (Å²) in [7, 11) is 0. The highest BCUT2D eigenvalue weighted by Crippen LogP contribution is 2.42. The van der Waals surface area contributed by atoms with E-state index < -0.39 is 5.54 Å². The van der Waals surface area contributed by atoms with E-state index in [0.717, 1.165) is 31.6 Å². The van der Waals surface area contributed by atoms with E-state index in [1.54, 1.807) is 0 Å². The summed E-state index contributed by atoms with van der Waals surface area (Å²) >= 11 is 0. The van der Waals surface area contributed by atoms with E-state index in [4.69, 9.17) is 0 Å². The number of hydrogen-bond donors (Lipinski definition) is 1. The summed E-state index contributed by atoms with van der Waals surface area (Å²) in [5.41, 5.74) is -0.632. The topological polar surface area (TPSA) is 49.4 Å². The molecule has 1 heterocycles. The SMILES string of the molecule is CC1CCCC(N2CC(=O)NC(C)(C3CC3)C2=O)CC1. The third kappa shape index (κ3) is 2.45. The second-order valence-electron chi connectivity index (χ2n) is 7.23. The van der Waals surface area contributed by atoms with Crippen molar-refractivity contribution in [2.24, 2.45) is 11.8 Å². The number of piperazine rings is 1. The van der Waals surface area contributed by atoms with Crippen LogP contribution in [0.5, 0.6) is 0 Å². The van der Waals surface area contributed by atoms with Gasteiger partial charge in [-0.1, -0.05) is 19.8 Å². The van der Waals surface area contributed by atoms with E-state index in [-0.39, 0.29) is 24.4 Å². The Morgan fingerprint density at radius 2 is 1.85 bits per heavy atom. The Labute approximate surface area is 121 Å². The molecule has 3 rings (SSSR count). The van der Waals surface area contributed by atoms with Crippen LogP contribution in [0.2, 0.25) is 0 Å². The van der Waals surface area contributed by atoms with Gasteiger partial charge < -0.3 is 10.2 Å². The zero-order valence-electron chi connectivity index (χ0n) is 12.7. The van der Waals surface area contributed by atoms with Gasteiger partial charge in [0.2, 0.25) is 11.8 Å². The fourth-order valence-electron chi connectivity index (χ4n) is 3.92. The molecule has 112 valence electrons. The van der Waals surface area contributed by atoms with Gasteiger partial charge in [0.25, 0.3) is 0 Å². The van der Waals surface area contributed by atoms with Crippen molar-refractivity contribution in [2.75, 3.05) is 6.54 Å². The normalized spacial score (nSPS) is 39.4. The largest absolute Gasteiger partial charge is 0.340 e. The van der Waals surface area contributed by atoms with E-state index >= 15 is 0 Å². The Hall–Kier alpha value is -1.06. The lowest BCUT2D eigenvalue weighted by Crippen LogP contribution is -2.68. The van der Waals surface area contributed by atoms with Crippen LogP contribution in [0.1, 0.15) is 58.8 Å². The highest BCUT2D eigenvalue weighted by molar-refractivity contribution is 5.98. The number of nitrogens with zero attached hydrogens (tertiary/aromatic N) is 1. The van der Waals surface area contributed by atoms with Crippen LogP contribution in [0.4, 0.5) is 0 Å². The summed E-state index contributed by atoms with van der Waals surface area (Å²) in [4.78, 5) is 26.8. The molecule has 4 nitrogen and oxygen atoms in total. The standard InChI is InChI=1S/C16H26N2O2/c1-11-4-3-5-13(9-6-11)18-10-14(19)17-16(2,15(18)20)12-7-8-12/h11-13H,3-10H2,1-2H3,(H,17,19). The van der Waals surface area contributed by atoms with Crippen molar-refractivity contribution in [3.05, 3.63) is 0 Å². The molecule has 1 N–H and O–H groups in total. The highest BCUT2D eigenvalue weighted by Gasteiger charge is 2.53. The predicted octanol–water partition coefficient (Wildman–Crippen LogP) is 2.08. The lowest BCUT2D eigenvalue weighted by atomic mass is 9.89. The summed E-state index contributed by atoms with van der Waals surface area (Å²) < 4.78 is 0. The van der Waals surface area contributed by atoms with Crippen LogP contribution >= 0.6 is 0 Å². The first-order valence-corrected chi connectivity index (χ1v) is 8.13. The Kier molecular flexibility index (Phi) is 3.51. The van der Waals surface area contributed by atoms with Crippen molar-refractivity contribution in [2.45, 2.75) is 70.4 Å². The van der Waals surface area contributed by atoms with Gasteiger partial charge in [-0.3, -0.25) is 9.59 Å². The lowest BCUT2D eigenvalue weighted by molar-refractivity contribution is -0.153. The molecule has 0 bridgehead atoms. The highest BCUT2D eigenvalue weighted by atomic mass is 16.2. The van der Waals surface area contributed by atoms with Crippen molar-refractivity contribution >= 4 is 11.8 Å². The van der Waals surface area contributed by atoms with E-state index in [2.05, 4.69) is 12.2 Å². The van der Waals surface area contributed by atoms with Gasteiger partial charge in [-0.15, -0.1) is 0 Å². The smallest absolute Gasteiger partial charge is 0.249 e. The van der Waals surface area contributed by atoms with Crippen molar-refractivity contribution in [3.8, 4) is 0 Å². The molecule has 0 aromatic heterocycles. The van der Waals surface area contributed by atoms with Gasteiger partial charge in [-0.2, -0.15) is 0 Å². The Balaban J connectivity index is 1.77. The average molecular weight is 278 g/mol. The molecule has 0 radical (unpaired) electrons. The minimum atomic E-state index is -0.632. The van der Waals surface area contributed by atoms with E-state index in [0.29, 0.717) is 5.92 Å². The first kappa shape index (κ1) is 13.9. The lowest BCUT2D eigenvalue weighted by Gasteiger charge is -2.43. The average Bonchev–Trinajstić information content (AvgIpc) is 3.21. The van der Waals surface area contributed by atoms with Crippen LogP contribution < -0.4 is 5.32 Å². The van der Waals surface area contributed by atoms with Crippen LogP contribution in [0.15, 0.2) is 0 Å². The number of carbonyl (C=O) groups is 2. The molecular formula is C16H26N2O2. The number of amides is 2. The monoisotopic (exact) mass is 278 g/mol. The second kappa shape index (κ2) is 5.05. The maximum Gasteiger partial charge on any atom is 0.249 e. The minimum Gasteiger partial charge on any atom is -0.340 e. The molecule has 20 heavy (non-hydrogen) atoms. The summed E-state index contributed by atoms with van der Waals surface area (Å²) in [5.74, 6) is 1.30. The van der Waals surface area contributed by atoms with E-state index in [1.807, 2.05) is 11.8 Å². The molecule has 2 aliphatic carbocycles. The van der Waals surface area contributed by atoms with Gasteiger partial charge in [0, 0.05) is 6.04 Å². The molecule has 0 aromatic rings. The summed E-state index contributed by atoms with van der Waals surface area (Å²) in [6.45, 7) is 4.48. The quantitative estimate of drug-likeness (QED) is 0.786. The maximum atomic E-state index is 12.9. The molecule has 3 fully saturated rings. The van der Waals surface area contributed by atoms with Crippen LogP contribution in [-0.2, 0) is 9.59 Å². The molecule has 2 saturated carbocycles. The van der Waals surface area contributed by atoms with E-state index in [9.17, 15) is 9.59 Å². The molecule has 0 aromatic carbocycles. The molecule has 0 spiro atoms. The van der Waals surface area contributed by atoms with Crippen molar-refractivity contribution in [1.29, 1.82) is 0 Å². The van der Waals surface area contributed by atoms with Crippen LogP contribution in [0, 0.1) is 11.8 Å². The number of carbonyl (C=O) groups excluding carboxylic acids is 2. The number of nitrogens with one attached hydrogen (secondary N) is 1. The van der Waals surface area contributed by atoms with Gasteiger partial charge in [0.1, 0.15) is 5.54 Å². The van der Waals surface area contributed by atoms with Crippen molar-refractivity contribution in [1.82, 2.24) is 10.2 Å². The zero-order valence-corrected chi connectivity index (χ0v) is 12.7. The summed E-state index contributed by atoms with van der Waals surface area (Å²) in [6, 6.07) is 0.275. The third-order valence-electron chi connectivity index (χ3n) is 5.48. The van der Waals surface area contributed by atoms with Crippen molar-refractivity contribution in [3.63, 3.8) is 0 Å². The predicted molar refractivity (Wildman–Crippen MR) is 77.0 cm³/mol. The minimum absolute atomic E-state index is 0.0243. The van der Waals surface area contributed by atoms with Gasteiger partial charge in [-0.05, 0) is 50.9 Å². The van der Waals surface area contributed by atoms with Crippen LogP contribution in [0.25, 0.3) is 0 Å². The molecule has 4 heteroatoms. The first-order valence-electron chi connectivity index (χ1n) is 8.13. The summed E-state index contributed by atoms with van der Waals surface area (Å²) in [6.07, 6.45) is 7.86. The molecular weight excluding hydrogens is 252 g/mol. The number of hydrogen-bond acceptors (Lipinski definition) is 2. The van der Waals surface area contributed by atoms with Gasteiger partial charge in [-0.25, -0.2) is 0 Å². The van der Waals surface area contributed by atoms with Gasteiger partial charge in [0.05, 0.1) is 6.54 Å². The Morgan fingerprint density at radius 1 is 1.10 bits per heavy atom. The van der Waals surface area contributed by atoms with E-state index in [1.165, 1.54) is 19.3 Å². The second-order valence-corrected chi connectivity index (χ2v) is 7.23. The van der Waals surface area contributed by atoms with Crippen molar-refractivity contribution < 1.29 is 9.59 Å². The number of rotatable bonds is 2. The fraction of sp³-hybridized carbons (Fsp3) is 0.875. The molecule has 3 unspecified atom stereocenters. The molecule has 3 atom stereocenters. The molecule has 1 saturated heterocycles. The Bertz CT molecular complexity index is 419. The van der Waals surface area contributed by atoms with Gasteiger partial charge >= 0.3 is 0 Å². The maximum absolute atomic E-state index is 12.9. The Morgan fingerprint density at radius 3 is 2.55 bits per heavy atom.